The van der Waals surface area contributed by atoms with Crippen LogP contribution in [0.3, 0.4) is 0 Å². The first-order valence-corrected chi connectivity index (χ1v) is 10.1. The van der Waals surface area contributed by atoms with Gasteiger partial charge in [0.1, 0.15) is 0 Å². The molecule has 3 unspecified atom stereocenters. The first kappa shape index (κ1) is 15.4. The molecular weight excluding hydrogens is 312 g/mol. The summed E-state index contributed by atoms with van der Waals surface area (Å²) in [5.41, 5.74) is 1.96. The molecule has 3 aliphatic rings. The molecule has 1 aromatic rings. The van der Waals surface area contributed by atoms with E-state index in [4.69, 9.17) is 9.88 Å². The van der Waals surface area contributed by atoms with E-state index in [2.05, 4.69) is 5.32 Å². The van der Waals surface area contributed by atoms with Crippen LogP contribution in [-0.4, -0.2) is 21.1 Å². The van der Waals surface area contributed by atoms with Crippen LogP contribution in [0, 0.1) is 11.8 Å². The molecule has 0 spiro atoms. The van der Waals surface area contributed by atoms with E-state index < -0.39 is 10.0 Å². The average Bonchev–Trinajstić information content (AvgIpc) is 3.03. The molecule has 2 fully saturated rings. The van der Waals surface area contributed by atoms with E-state index in [0.717, 1.165) is 24.3 Å². The van der Waals surface area contributed by atoms with Crippen LogP contribution in [0.25, 0.3) is 0 Å². The Balaban J connectivity index is 1.70. The van der Waals surface area contributed by atoms with Gasteiger partial charge in [0.25, 0.3) is 0 Å². The summed E-state index contributed by atoms with van der Waals surface area (Å²) >= 11 is 0. The molecule has 1 saturated heterocycles. The standard InChI is InChI=1S/C17H24N2O3S/c18-23(20,21)12-6-7-15-14(10-12)17-13(8-9-22-17)16(19-15)11-4-2-1-3-5-11/h6-7,10-11,13,16-17,19H,1-5,8-9H2,(H2,18,20,21). The zero-order valence-electron chi connectivity index (χ0n) is 13.2. The number of hydrogen-bond donors (Lipinski definition) is 2. The molecule has 3 atom stereocenters. The van der Waals surface area contributed by atoms with Gasteiger partial charge >= 0.3 is 0 Å². The summed E-state index contributed by atoms with van der Waals surface area (Å²) in [7, 11) is -3.68. The number of fused-ring (bicyclic) bond motifs is 3. The van der Waals surface area contributed by atoms with Crippen molar-refractivity contribution in [3.63, 3.8) is 0 Å². The zero-order chi connectivity index (χ0) is 16.0. The number of benzene rings is 1. The summed E-state index contributed by atoms with van der Waals surface area (Å²) in [4.78, 5) is 0.170. The number of sulfonamides is 1. The molecule has 1 aromatic carbocycles. The van der Waals surface area contributed by atoms with Crippen molar-refractivity contribution in [2.45, 2.75) is 55.6 Å². The molecule has 0 bridgehead atoms. The quantitative estimate of drug-likeness (QED) is 0.870. The van der Waals surface area contributed by atoms with Gasteiger partial charge in [0.05, 0.1) is 11.0 Å². The Bertz CT molecular complexity index is 698. The number of nitrogens with one attached hydrogen (secondary N) is 1. The van der Waals surface area contributed by atoms with E-state index in [9.17, 15) is 8.42 Å². The Hall–Kier alpha value is -1.11. The largest absolute Gasteiger partial charge is 0.381 e. The third-order valence-electron chi connectivity index (χ3n) is 5.74. The number of primary sulfonamides is 1. The minimum Gasteiger partial charge on any atom is -0.381 e. The maximum atomic E-state index is 11.6. The highest BCUT2D eigenvalue weighted by Gasteiger charge is 2.44. The fraction of sp³-hybridized carbons (Fsp3) is 0.647. The molecule has 6 heteroatoms. The fourth-order valence-electron chi connectivity index (χ4n) is 4.63. The molecule has 126 valence electrons. The summed E-state index contributed by atoms with van der Waals surface area (Å²) < 4.78 is 29.3. The van der Waals surface area contributed by atoms with Gasteiger partial charge < -0.3 is 10.1 Å². The van der Waals surface area contributed by atoms with E-state index >= 15 is 0 Å². The highest BCUT2D eigenvalue weighted by molar-refractivity contribution is 7.89. The molecule has 0 amide bonds. The SMILES string of the molecule is NS(=O)(=O)c1ccc2c(c1)C1OCCC1C(C1CCCCC1)N2. The Morgan fingerprint density at radius 2 is 1.91 bits per heavy atom. The van der Waals surface area contributed by atoms with Crippen LogP contribution in [0.2, 0.25) is 0 Å². The van der Waals surface area contributed by atoms with Crippen LogP contribution >= 0.6 is 0 Å². The monoisotopic (exact) mass is 336 g/mol. The first-order chi connectivity index (χ1) is 11.0. The van der Waals surface area contributed by atoms with Crippen LogP contribution < -0.4 is 10.5 Å². The van der Waals surface area contributed by atoms with E-state index in [-0.39, 0.29) is 11.0 Å². The van der Waals surface area contributed by atoms with Gasteiger partial charge in [0, 0.05) is 29.8 Å². The maximum Gasteiger partial charge on any atom is 0.238 e. The number of nitrogens with two attached hydrogens (primary N) is 1. The Kier molecular flexibility index (Phi) is 3.86. The third kappa shape index (κ3) is 2.77. The van der Waals surface area contributed by atoms with Gasteiger partial charge in [-0.05, 0) is 43.4 Å². The molecule has 2 aliphatic heterocycles. The van der Waals surface area contributed by atoms with Crippen molar-refractivity contribution < 1.29 is 13.2 Å². The average molecular weight is 336 g/mol. The van der Waals surface area contributed by atoms with Gasteiger partial charge in [-0.15, -0.1) is 0 Å². The summed E-state index contributed by atoms with van der Waals surface area (Å²) in [5.74, 6) is 1.13. The van der Waals surface area contributed by atoms with Crippen molar-refractivity contribution in [2.24, 2.45) is 17.0 Å². The second-order valence-electron chi connectivity index (χ2n) is 7.11. The number of anilines is 1. The fourth-order valence-corrected chi connectivity index (χ4v) is 5.18. The molecule has 0 aromatic heterocycles. The highest BCUT2D eigenvalue weighted by Crippen LogP contribution is 2.48. The van der Waals surface area contributed by atoms with Crippen LogP contribution in [0.5, 0.6) is 0 Å². The number of rotatable bonds is 2. The lowest BCUT2D eigenvalue weighted by atomic mass is 9.73. The molecule has 0 radical (unpaired) electrons. The smallest absolute Gasteiger partial charge is 0.238 e. The lowest BCUT2D eigenvalue weighted by Crippen LogP contribution is -2.42. The van der Waals surface area contributed by atoms with E-state index in [0.29, 0.717) is 17.9 Å². The van der Waals surface area contributed by atoms with Gasteiger partial charge in [-0.3, -0.25) is 0 Å². The van der Waals surface area contributed by atoms with E-state index in [1.54, 1.807) is 12.1 Å². The van der Waals surface area contributed by atoms with Crippen molar-refractivity contribution in [2.75, 3.05) is 11.9 Å². The second-order valence-corrected chi connectivity index (χ2v) is 8.67. The third-order valence-corrected chi connectivity index (χ3v) is 6.65. The summed E-state index contributed by atoms with van der Waals surface area (Å²) in [6.07, 6.45) is 7.59. The van der Waals surface area contributed by atoms with Gasteiger partial charge in [-0.25, -0.2) is 13.6 Å². The van der Waals surface area contributed by atoms with E-state index in [1.807, 2.05) is 6.07 Å². The topological polar surface area (TPSA) is 81.4 Å². The highest BCUT2D eigenvalue weighted by atomic mass is 32.2. The lowest BCUT2D eigenvalue weighted by molar-refractivity contribution is 0.0730. The predicted molar refractivity (Wildman–Crippen MR) is 88.6 cm³/mol. The summed E-state index contributed by atoms with van der Waals surface area (Å²) in [6.45, 7) is 0.749. The Morgan fingerprint density at radius 3 is 2.65 bits per heavy atom. The molecule has 23 heavy (non-hydrogen) atoms. The molecule has 2 heterocycles. The Morgan fingerprint density at radius 1 is 1.13 bits per heavy atom. The lowest BCUT2D eigenvalue weighted by Gasteiger charge is -2.42. The van der Waals surface area contributed by atoms with Crippen LogP contribution in [-0.2, 0) is 14.8 Å². The second kappa shape index (κ2) is 5.76. The molecule has 1 saturated carbocycles. The van der Waals surface area contributed by atoms with Gasteiger partial charge in [-0.1, -0.05) is 19.3 Å². The molecule has 3 N–H and O–H groups in total. The molecule has 4 rings (SSSR count). The minimum atomic E-state index is -3.68. The van der Waals surface area contributed by atoms with Gasteiger partial charge in [-0.2, -0.15) is 0 Å². The van der Waals surface area contributed by atoms with Gasteiger partial charge in [0.2, 0.25) is 10.0 Å². The summed E-state index contributed by atoms with van der Waals surface area (Å²) in [5, 5.41) is 8.98. The molecular formula is C17H24N2O3S. The zero-order valence-corrected chi connectivity index (χ0v) is 14.0. The molecule has 1 aliphatic carbocycles. The van der Waals surface area contributed by atoms with Crippen molar-refractivity contribution in [1.29, 1.82) is 0 Å². The maximum absolute atomic E-state index is 11.6. The first-order valence-electron chi connectivity index (χ1n) is 8.59. The van der Waals surface area contributed by atoms with Crippen molar-refractivity contribution >= 4 is 15.7 Å². The molecule has 5 nitrogen and oxygen atoms in total. The van der Waals surface area contributed by atoms with Crippen LogP contribution in [0.15, 0.2) is 23.1 Å². The minimum absolute atomic E-state index is 0.000114. The van der Waals surface area contributed by atoms with Crippen molar-refractivity contribution in [1.82, 2.24) is 0 Å². The number of ether oxygens (including phenoxy) is 1. The van der Waals surface area contributed by atoms with Crippen LogP contribution in [0.1, 0.15) is 50.2 Å². The summed E-state index contributed by atoms with van der Waals surface area (Å²) in [6, 6.07) is 5.57. The van der Waals surface area contributed by atoms with Gasteiger partial charge in [0.15, 0.2) is 0 Å². The number of hydrogen-bond acceptors (Lipinski definition) is 4. The van der Waals surface area contributed by atoms with Crippen molar-refractivity contribution in [3.8, 4) is 0 Å². The Labute approximate surface area is 137 Å². The predicted octanol–water partition coefficient (Wildman–Crippen LogP) is 2.79. The normalized spacial score (nSPS) is 31.3. The van der Waals surface area contributed by atoms with Crippen molar-refractivity contribution in [3.05, 3.63) is 23.8 Å². The van der Waals surface area contributed by atoms with E-state index in [1.165, 1.54) is 32.1 Å². The van der Waals surface area contributed by atoms with Crippen LogP contribution in [0.4, 0.5) is 5.69 Å².